The molecule has 0 aliphatic rings. The van der Waals surface area contributed by atoms with E-state index in [-0.39, 0.29) is 22.5 Å². The number of hydrogen-bond acceptors (Lipinski definition) is 4. The van der Waals surface area contributed by atoms with Gasteiger partial charge in [0.1, 0.15) is 11.5 Å². The molecule has 0 spiro atoms. The number of carbonyl (C=O) groups is 1. The first kappa shape index (κ1) is 18.1. The quantitative estimate of drug-likeness (QED) is 0.657. The fourth-order valence-corrected chi connectivity index (χ4v) is 2.49. The molecule has 0 saturated carbocycles. The number of carbonyl (C=O) groups excluding carboxylic acids is 1. The third kappa shape index (κ3) is 4.47. The van der Waals surface area contributed by atoms with Crippen molar-refractivity contribution in [2.24, 2.45) is 0 Å². The molecule has 2 aromatic carbocycles. The third-order valence-corrected chi connectivity index (χ3v) is 4.27. The number of benzene rings is 2. The van der Waals surface area contributed by atoms with Crippen molar-refractivity contribution in [3.8, 4) is 0 Å². The average Bonchev–Trinajstić information content (AvgIpc) is 2.65. The van der Waals surface area contributed by atoms with E-state index in [1.807, 2.05) is 0 Å². The molecular formula is C18H13Cl2FN4O. The Morgan fingerprint density at radius 3 is 2.62 bits per heavy atom. The number of amides is 1. The van der Waals surface area contributed by atoms with Crippen LogP contribution >= 0.6 is 23.2 Å². The Bertz CT molecular complexity index is 935. The van der Waals surface area contributed by atoms with Crippen LogP contribution in [-0.2, 0) is 6.54 Å². The van der Waals surface area contributed by atoms with Crippen LogP contribution in [-0.4, -0.2) is 15.9 Å². The Kier molecular flexibility index (Phi) is 5.65. The van der Waals surface area contributed by atoms with E-state index in [0.717, 1.165) is 5.56 Å². The van der Waals surface area contributed by atoms with Crippen LogP contribution < -0.4 is 10.6 Å². The van der Waals surface area contributed by atoms with E-state index in [1.165, 1.54) is 24.4 Å². The van der Waals surface area contributed by atoms with E-state index in [1.54, 1.807) is 30.3 Å². The monoisotopic (exact) mass is 390 g/mol. The highest BCUT2D eigenvalue weighted by molar-refractivity contribution is 6.44. The van der Waals surface area contributed by atoms with Crippen LogP contribution in [0.2, 0.25) is 10.0 Å². The number of rotatable bonds is 5. The molecule has 132 valence electrons. The Morgan fingerprint density at radius 2 is 1.85 bits per heavy atom. The van der Waals surface area contributed by atoms with Gasteiger partial charge in [-0.05, 0) is 35.9 Å². The summed E-state index contributed by atoms with van der Waals surface area (Å²) < 4.78 is 12.9. The molecule has 0 saturated heterocycles. The van der Waals surface area contributed by atoms with E-state index in [4.69, 9.17) is 23.2 Å². The van der Waals surface area contributed by atoms with Crippen LogP contribution in [0.1, 0.15) is 16.1 Å². The van der Waals surface area contributed by atoms with Gasteiger partial charge in [0.15, 0.2) is 0 Å². The van der Waals surface area contributed by atoms with Crippen LogP contribution in [0.5, 0.6) is 0 Å². The van der Waals surface area contributed by atoms with Crippen LogP contribution in [0, 0.1) is 5.82 Å². The Hall–Kier alpha value is -2.70. The lowest BCUT2D eigenvalue weighted by Crippen LogP contribution is -2.15. The molecule has 3 aromatic rings. The van der Waals surface area contributed by atoms with Crippen molar-refractivity contribution in [3.05, 3.63) is 81.8 Å². The number of hydrogen-bond donors (Lipinski definition) is 2. The van der Waals surface area contributed by atoms with Gasteiger partial charge in [0.25, 0.3) is 5.91 Å². The molecule has 5 nitrogen and oxygen atoms in total. The summed E-state index contributed by atoms with van der Waals surface area (Å²) in [5, 5.41) is 6.24. The van der Waals surface area contributed by atoms with Gasteiger partial charge in [0.2, 0.25) is 5.95 Å². The smallest absolute Gasteiger partial charge is 0.274 e. The molecule has 0 aliphatic carbocycles. The molecule has 0 radical (unpaired) electrons. The van der Waals surface area contributed by atoms with E-state index < -0.39 is 5.91 Å². The summed E-state index contributed by atoms with van der Waals surface area (Å²) in [6, 6.07) is 12.5. The lowest BCUT2D eigenvalue weighted by atomic mass is 10.2. The molecule has 0 unspecified atom stereocenters. The van der Waals surface area contributed by atoms with E-state index in [9.17, 15) is 9.18 Å². The van der Waals surface area contributed by atoms with Crippen molar-refractivity contribution in [2.75, 3.05) is 10.6 Å². The predicted molar refractivity (Wildman–Crippen MR) is 100 cm³/mol. The number of aromatic nitrogens is 2. The molecule has 0 fully saturated rings. The minimum Gasteiger partial charge on any atom is -0.350 e. The van der Waals surface area contributed by atoms with Crippen LogP contribution in [0.15, 0.2) is 54.7 Å². The van der Waals surface area contributed by atoms with E-state index in [0.29, 0.717) is 17.3 Å². The molecule has 2 N–H and O–H groups in total. The second kappa shape index (κ2) is 8.12. The van der Waals surface area contributed by atoms with Gasteiger partial charge in [-0.2, -0.15) is 0 Å². The molecule has 3 rings (SSSR count). The van der Waals surface area contributed by atoms with Gasteiger partial charge < -0.3 is 10.6 Å². The number of halogens is 3. The summed E-state index contributed by atoms with van der Waals surface area (Å²) in [6.07, 6.45) is 1.47. The molecule has 1 amide bonds. The van der Waals surface area contributed by atoms with Crippen molar-refractivity contribution in [1.29, 1.82) is 0 Å². The zero-order valence-electron chi connectivity index (χ0n) is 13.3. The zero-order valence-corrected chi connectivity index (χ0v) is 14.9. The normalized spacial score (nSPS) is 10.4. The number of anilines is 2. The second-order valence-electron chi connectivity index (χ2n) is 5.30. The van der Waals surface area contributed by atoms with Gasteiger partial charge in [0, 0.05) is 12.7 Å². The maximum atomic E-state index is 12.9. The molecule has 0 aliphatic heterocycles. The Labute approximate surface area is 159 Å². The summed E-state index contributed by atoms with van der Waals surface area (Å²) in [5.41, 5.74) is 1.41. The van der Waals surface area contributed by atoms with Gasteiger partial charge in [-0.25, -0.2) is 14.4 Å². The fourth-order valence-electron chi connectivity index (χ4n) is 2.14. The largest absolute Gasteiger partial charge is 0.350 e. The summed E-state index contributed by atoms with van der Waals surface area (Å²) in [5.74, 6) is -0.469. The first-order valence-electron chi connectivity index (χ1n) is 7.59. The molecule has 0 atom stereocenters. The van der Waals surface area contributed by atoms with E-state index in [2.05, 4.69) is 20.6 Å². The van der Waals surface area contributed by atoms with Crippen LogP contribution in [0.3, 0.4) is 0 Å². The molecule has 1 heterocycles. The standard InChI is InChI=1S/C18H13Cl2FN4O/c19-13-2-1-3-14(16(13)20)24-17(26)15-8-9-22-18(25-15)23-10-11-4-6-12(21)7-5-11/h1-9H,10H2,(H,24,26)(H,22,23,25). The minimum atomic E-state index is -0.443. The molecule has 1 aromatic heterocycles. The lowest BCUT2D eigenvalue weighted by molar-refractivity contribution is 0.102. The summed E-state index contributed by atoms with van der Waals surface area (Å²) in [4.78, 5) is 20.6. The first-order valence-corrected chi connectivity index (χ1v) is 8.35. The van der Waals surface area contributed by atoms with Gasteiger partial charge in [-0.1, -0.05) is 41.4 Å². The van der Waals surface area contributed by atoms with Gasteiger partial charge >= 0.3 is 0 Å². The Morgan fingerprint density at radius 1 is 1.08 bits per heavy atom. The summed E-state index contributed by atoms with van der Waals surface area (Å²) >= 11 is 12.0. The minimum absolute atomic E-state index is 0.164. The van der Waals surface area contributed by atoms with Crippen molar-refractivity contribution in [2.45, 2.75) is 6.54 Å². The van der Waals surface area contributed by atoms with Gasteiger partial charge in [-0.15, -0.1) is 0 Å². The lowest BCUT2D eigenvalue weighted by Gasteiger charge is -2.09. The fraction of sp³-hybridized carbons (Fsp3) is 0.0556. The van der Waals surface area contributed by atoms with Crippen molar-refractivity contribution >= 4 is 40.7 Å². The predicted octanol–water partition coefficient (Wildman–Crippen LogP) is 4.79. The number of nitrogens with one attached hydrogen (secondary N) is 2. The molecule has 8 heteroatoms. The number of nitrogens with zero attached hydrogens (tertiary/aromatic N) is 2. The van der Waals surface area contributed by atoms with Crippen LogP contribution in [0.25, 0.3) is 0 Å². The summed E-state index contributed by atoms with van der Waals surface area (Å²) in [7, 11) is 0. The highest BCUT2D eigenvalue weighted by atomic mass is 35.5. The first-order chi connectivity index (χ1) is 12.5. The maximum Gasteiger partial charge on any atom is 0.274 e. The molecular weight excluding hydrogens is 378 g/mol. The maximum absolute atomic E-state index is 12.9. The van der Waals surface area contributed by atoms with E-state index >= 15 is 0 Å². The second-order valence-corrected chi connectivity index (χ2v) is 6.09. The Balaban J connectivity index is 1.69. The molecule has 0 bridgehead atoms. The molecule has 26 heavy (non-hydrogen) atoms. The van der Waals surface area contributed by atoms with Crippen molar-refractivity contribution in [1.82, 2.24) is 9.97 Å². The SMILES string of the molecule is O=C(Nc1cccc(Cl)c1Cl)c1ccnc(NCc2ccc(F)cc2)n1. The highest BCUT2D eigenvalue weighted by Crippen LogP contribution is 2.29. The summed E-state index contributed by atoms with van der Waals surface area (Å²) in [6.45, 7) is 0.394. The highest BCUT2D eigenvalue weighted by Gasteiger charge is 2.12. The van der Waals surface area contributed by atoms with Crippen molar-refractivity contribution in [3.63, 3.8) is 0 Å². The van der Waals surface area contributed by atoms with Crippen molar-refractivity contribution < 1.29 is 9.18 Å². The van der Waals surface area contributed by atoms with Gasteiger partial charge in [-0.3, -0.25) is 4.79 Å². The average molecular weight is 391 g/mol. The third-order valence-electron chi connectivity index (χ3n) is 3.45. The zero-order chi connectivity index (χ0) is 18.5. The topological polar surface area (TPSA) is 66.9 Å². The van der Waals surface area contributed by atoms with Crippen LogP contribution in [0.4, 0.5) is 16.0 Å². The van der Waals surface area contributed by atoms with Gasteiger partial charge in [0.05, 0.1) is 15.7 Å².